The average molecular weight is 357 g/mol. The van der Waals surface area contributed by atoms with E-state index in [1.165, 1.54) is 6.33 Å². The standard InChI is InChI=1S/C19H17F2N3O2/c20-14-6-13(7-15(21)19(14)26)10-24-11-23-16(17(24)9-18(22)25)8-12-4-2-1-3-5-12/h1-7,11,26H,8-10H2,(H2,22,25). The maximum absolute atomic E-state index is 13.6. The Morgan fingerprint density at radius 2 is 1.77 bits per heavy atom. The summed E-state index contributed by atoms with van der Waals surface area (Å²) in [5, 5.41) is 9.21. The first-order chi connectivity index (χ1) is 12.4. The molecule has 7 heteroatoms. The van der Waals surface area contributed by atoms with E-state index in [9.17, 15) is 18.7 Å². The van der Waals surface area contributed by atoms with Crippen molar-refractivity contribution >= 4 is 5.91 Å². The first-order valence-electron chi connectivity index (χ1n) is 7.96. The van der Waals surface area contributed by atoms with Crippen LogP contribution >= 0.6 is 0 Å². The Balaban J connectivity index is 1.93. The molecule has 3 aromatic rings. The highest BCUT2D eigenvalue weighted by Gasteiger charge is 2.16. The monoisotopic (exact) mass is 357 g/mol. The van der Waals surface area contributed by atoms with Crippen molar-refractivity contribution in [3.05, 3.63) is 82.9 Å². The second-order valence-electron chi connectivity index (χ2n) is 5.98. The molecule has 134 valence electrons. The van der Waals surface area contributed by atoms with Gasteiger partial charge in [0.25, 0.3) is 0 Å². The van der Waals surface area contributed by atoms with Gasteiger partial charge in [-0.1, -0.05) is 30.3 Å². The normalized spacial score (nSPS) is 10.8. The summed E-state index contributed by atoms with van der Waals surface area (Å²) >= 11 is 0. The first-order valence-corrected chi connectivity index (χ1v) is 7.96. The number of phenolic OH excluding ortho intramolecular Hbond substituents is 1. The molecule has 0 unspecified atom stereocenters. The lowest BCUT2D eigenvalue weighted by Crippen LogP contribution is -2.18. The third-order valence-electron chi connectivity index (χ3n) is 4.02. The molecule has 3 N–H and O–H groups in total. The van der Waals surface area contributed by atoms with E-state index >= 15 is 0 Å². The van der Waals surface area contributed by atoms with Crippen LogP contribution < -0.4 is 5.73 Å². The van der Waals surface area contributed by atoms with Gasteiger partial charge < -0.3 is 15.4 Å². The molecule has 0 fully saturated rings. The van der Waals surface area contributed by atoms with Gasteiger partial charge in [-0.05, 0) is 23.3 Å². The molecule has 0 aliphatic carbocycles. The zero-order chi connectivity index (χ0) is 18.7. The Morgan fingerprint density at radius 3 is 2.38 bits per heavy atom. The lowest BCUT2D eigenvalue weighted by Gasteiger charge is -2.10. The quantitative estimate of drug-likeness (QED) is 0.711. The second kappa shape index (κ2) is 7.35. The number of aromatic nitrogens is 2. The number of amides is 1. The number of halogens is 2. The van der Waals surface area contributed by atoms with Gasteiger partial charge in [0.05, 0.1) is 24.1 Å². The number of carbonyl (C=O) groups excluding carboxylic acids is 1. The molecule has 26 heavy (non-hydrogen) atoms. The molecular weight excluding hydrogens is 340 g/mol. The van der Waals surface area contributed by atoms with Crippen LogP contribution in [0.1, 0.15) is 22.5 Å². The van der Waals surface area contributed by atoms with Gasteiger partial charge >= 0.3 is 0 Å². The Hall–Kier alpha value is -3.22. The number of nitrogens with zero attached hydrogens (tertiary/aromatic N) is 2. The number of imidazole rings is 1. The summed E-state index contributed by atoms with van der Waals surface area (Å²) in [6, 6.07) is 11.7. The minimum absolute atomic E-state index is 0.0365. The molecule has 0 atom stereocenters. The van der Waals surface area contributed by atoms with E-state index in [0.29, 0.717) is 23.4 Å². The first kappa shape index (κ1) is 17.6. The number of benzene rings is 2. The topological polar surface area (TPSA) is 81.1 Å². The smallest absolute Gasteiger partial charge is 0.223 e. The largest absolute Gasteiger partial charge is 0.503 e. The summed E-state index contributed by atoms with van der Waals surface area (Å²) in [6.45, 7) is 0.0958. The number of rotatable bonds is 6. The van der Waals surface area contributed by atoms with E-state index in [0.717, 1.165) is 17.7 Å². The molecule has 0 aliphatic rings. The number of carbonyl (C=O) groups is 1. The lowest BCUT2D eigenvalue weighted by atomic mass is 10.1. The summed E-state index contributed by atoms with van der Waals surface area (Å²) < 4.78 is 28.7. The minimum atomic E-state index is -1.04. The van der Waals surface area contributed by atoms with Crippen LogP contribution in [0.4, 0.5) is 8.78 Å². The van der Waals surface area contributed by atoms with E-state index in [1.54, 1.807) is 4.57 Å². The van der Waals surface area contributed by atoms with Crippen molar-refractivity contribution < 1.29 is 18.7 Å². The highest BCUT2D eigenvalue weighted by molar-refractivity contribution is 5.76. The summed E-state index contributed by atoms with van der Waals surface area (Å²) in [4.78, 5) is 15.8. The van der Waals surface area contributed by atoms with Crippen molar-refractivity contribution in [1.82, 2.24) is 9.55 Å². The molecule has 1 aromatic heterocycles. The Bertz CT molecular complexity index is 916. The van der Waals surface area contributed by atoms with Crippen LogP contribution in [0.15, 0.2) is 48.8 Å². The fourth-order valence-corrected chi connectivity index (χ4v) is 2.80. The van der Waals surface area contributed by atoms with E-state index in [2.05, 4.69) is 4.98 Å². The van der Waals surface area contributed by atoms with Crippen LogP contribution in [-0.2, 0) is 24.2 Å². The van der Waals surface area contributed by atoms with E-state index in [-0.39, 0.29) is 13.0 Å². The zero-order valence-electron chi connectivity index (χ0n) is 13.8. The fourth-order valence-electron chi connectivity index (χ4n) is 2.80. The summed E-state index contributed by atoms with van der Waals surface area (Å²) in [5.74, 6) is -3.62. The fraction of sp³-hybridized carbons (Fsp3) is 0.158. The predicted octanol–water partition coefficient (Wildman–Crippen LogP) is 2.53. The van der Waals surface area contributed by atoms with Crippen LogP contribution in [-0.4, -0.2) is 20.6 Å². The van der Waals surface area contributed by atoms with Crippen LogP contribution in [0, 0.1) is 11.6 Å². The number of aromatic hydroxyl groups is 1. The van der Waals surface area contributed by atoms with Gasteiger partial charge in [0.2, 0.25) is 5.91 Å². The van der Waals surface area contributed by atoms with Gasteiger partial charge in [-0.15, -0.1) is 0 Å². The van der Waals surface area contributed by atoms with Crippen LogP contribution in [0.2, 0.25) is 0 Å². The van der Waals surface area contributed by atoms with Crippen molar-refractivity contribution in [3.63, 3.8) is 0 Å². The lowest BCUT2D eigenvalue weighted by molar-refractivity contribution is -0.117. The highest BCUT2D eigenvalue weighted by Crippen LogP contribution is 2.23. The average Bonchev–Trinajstić information content (AvgIpc) is 2.95. The van der Waals surface area contributed by atoms with Crippen LogP contribution in [0.5, 0.6) is 5.75 Å². The van der Waals surface area contributed by atoms with Gasteiger partial charge in [-0.25, -0.2) is 13.8 Å². The van der Waals surface area contributed by atoms with Crippen molar-refractivity contribution in [2.75, 3.05) is 0 Å². The zero-order valence-corrected chi connectivity index (χ0v) is 13.8. The summed E-state index contributed by atoms with van der Waals surface area (Å²) in [5.41, 5.74) is 7.93. The number of nitrogens with two attached hydrogens (primary N) is 1. The van der Waals surface area contributed by atoms with Crippen LogP contribution in [0.25, 0.3) is 0 Å². The Morgan fingerprint density at radius 1 is 1.12 bits per heavy atom. The number of hydrogen-bond acceptors (Lipinski definition) is 3. The Kier molecular flexibility index (Phi) is 4.97. The minimum Gasteiger partial charge on any atom is -0.503 e. The SMILES string of the molecule is NC(=O)Cc1c(Cc2ccccc2)ncn1Cc1cc(F)c(O)c(F)c1. The molecule has 0 spiro atoms. The van der Waals surface area contributed by atoms with Gasteiger partial charge in [-0.2, -0.15) is 0 Å². The van der Waals surface area contributed by atoms with Crippen molar-refractivity contribution in [3.8, 4) is 5.75 Å². The molecule has 0 saturated heterocycles. The molecule has 1 amide bonds. The molecular formula is C19H17F2N3O2. The summed E-state index contributed by atoms with van der Waals surface area (Å²) in [6.07, 6.45) is 1.99. The molecule has 0 radical (unpaired) electrons. The number of phenols is 1. The molecule has 0 bridgehead atoms. The third-order valence-corrected chi connectivity index (χ3v) is 4.02. The molecule has 0 saturated carbocycles. The van der Waals surface area contributed by atoms with Gasteiger partial charge in [0, 0.05) is 13.0 Å². The maximum Gasteiger partial charge on any atom is 0.223 e. The number of primary amides is 1. The molecule has 3 rings (SSSR count). The van der Waals surface area contributed by atoms with Crippen molar-refractivity contribution in [2.24, 2.45) is 5.73 Å². The number of hydrogen-bond donors (Lipinski definition) is 2. The highest BCUT2D eigenvalue weighted by atomic mass is 19.1. The van der Waals surface area contributed by atoms with E-state index in [1.807, 2.05) is 30.3 Å². The van der Waals surface area contributed by atoms with E-state index < -0.39 is 23.3 Å². The summed E-state index contributed by atoms with van der Waals surface area (Å²) in [7, 11) is 0. The maximum atomic E-state index is 13.6. The molecule has 1 heterocycles. The van der Waals surface area contributed by atoms with Crippen molar-refractivity contribution in [2.45, 2.75) is 19.4 Å². The molecule has 2 aromatic carbocycles. The Labute approximate surface area is 148 Å². The van der Waals surface area contributed by atoms with Gasteiger partial charge in [-0.3, -0.25) is 4.79 Å². The van der Waals surface area contributed by atoms with E-state index in [4.69, 9.17) is 5.73 Å². The molecule has 5 nitrogen and oxygen atoms in total. The van der Waals surface area contributed by atoms with Gasteiger partial charge in [0.15, 0.2) is 17.4 Å². The van der Waals surface area contributed by atoms with Gasteiger partial charge in [0.1, 0.15) is 0 Å². The molecule has 0 aliphatic heterocycles. The third kappa shape index (κ3) is 3.88. The van der Waals surface area contributed by atoms with Crippen LogP contribution in [0.3, 0.4) is 0 Å². The second-order valence-corrected chi connectivity index (χ2v) is 5.98. The van der Waals surface area contributed by atoms with Crippen molar-refractivity contribution in [1.29, 1.82) is 0 Å². The predicted molar refractivity (Wildman–Crippen MR) is 91.5 cm³/mol.